The first-order chi connectivity index (χ1) is 5.35. The van der Waals surface area contributed by atoms with Crippen molar-refractivity contribution in [3.8, 4) is 6.07 Å². The molecule has 0 N–H and O–H groups in total. The molecule has 1 nitrogen and oxygen atoms in total. The van der Waals surface area contributed by atoms with Crippen LogP contribution in [0.15, 0.2) is 36.5 Å². The van der Waals surface area contributed by atoms with Crippen LogP contribution in [0.1, 0.15) is 20.8 Å². The van der Waals surface area contributed by atoms with Gasteiger partial charge in [0, 0.05) is 0 Å². The molecular weight excluding hydrogens is 134 g/mol. The second kappa shape index (κ2) is 11.5. The normalized spacial score (nSPS) is 9.82. The van der Waals surface area contributed by atoms with Crippen molar-refractivity contribution >= 4 is 0 Å². The third-order valence-corrected chi connectivity index (χ3v) is 0.773. The van der Waals surface area contributed by atoms with Crippen molar-refractivity contribution in [2.24, 2.45) is 0 Å². The van der Waals surface area contributed by atoms with Crippen LogP contribution in [0.4, 0.5) is 0 Å². The van der Waals surface area contributed by atoms with Crippen LogP contribution in [0.25, 0.3) is 0 Å². The molecule has 0 aromatic carbocycles. The Labute approximate surface area is 69.4 Å². The van der Waals surface area contributed by atoms with Gasteiger partial charge in [-0.3, -0.25) is 0 Å². The first-order valence-electron chi connectivity index (χ1n) is 3.70. The smallest absolute Gasteiger partial charge is 0.0991 e. The SMILES string of the molecule is C=C/C=C(C#N)\C=C/C.CC. The maximum Gasteiger partial charge on any atom is 0.0991 e. The molecule has 0 rings (SSSR count). The Morgan fingerprint density at radius 3 is 2.27 bits per heavy atom. The van der Waals surface area contributed by atoms with Crippen LogP contribution < -0.4 is 0 Å². The highest BCUT2D eigenvalue weighted by molar-refractivity contribution is 5.34. The molecule has 0 bridgehead atoms. The summed E-state index contributed by atoms with van der Waals surface area (Å²) >= 11 is 0. The van der Waals surface area contributed by atoms with Gasteiger partial charge in [0.05, 0.1) is 11.6 Å². The molecule has 11 heavy (non-hydrogen) atoms. The Balaban J connectivity index is 0. The van der Waals surface area contributed by atoms with Gasteiger partial charge >= 0.3 is 0 Å². The molecule has 1 heteroatoms. The molecule has 0 aliphatic carbocycles. The number of hydrogen-bond acceptors (Lipinski definition) is 1. The van der Waals surface area contributed by atoms with Crippen LogP contribution in [0.5, 0.6) is 0 Å². The molecule has 0 fully saturated rings. The average Bonchev–Trinajstić information content (AvgIpc) is 2.08. The Morgan fingerprint density at radius 1 is 1.45 bits per heavy atom. The molecule has 0 aromatic rings. The fourth-order valence-electron chi connectivity index (χ4n) is 0.437. The fourth-order valence-corrected chi connectivity index (χ4v) is 0.437. The van der Waals surface area contributed by atoms with Crippen LogP contribution >= 0.6 is 0 Å². The number of allylic oxidation sites excluding steroid dienone is 5. The number of nitrogens with zero attached hydrogens (tertiary/aromatic N) is 1. The van der Waals surface area contributed by atoms with Gasteiger partial charge in [-0.25, -0.2) is 0 Å². The lowest BCUT2D eigenvalue weighted by molar-refractivity contribution is 1.49. The van der Waals surface area contributed by atoms with E-state index in [1.807, 2.05) is 32.9 Å². The van der Waals surface area contributed by atoms with E-state index in [0.29, 0.717) is 5.57 Å². The van der Waals surface area contributed by atoms with Gasteiger partial charge in [0.15, 0.2) is 0 Å². The van der Waals surface area contributed by atoms with Gasteiger partial charge in [-0.1, -0.05) is 32.6 Å². The van der Waals surface area contributed by atoms with Crippen molar-refractivity contribution in [3.63, 3.8) is 0 Å². The zero-order chi connectivity index (χ0) is 9.11. The van der Waals surface area contributed by atoms with E-state index in [0.717, 1.165) is 0 Å². The minimum Gasteiger partial charge on any atom is -0.192 e. The average molecular weight is 149 g/mol. The monoisotopic (exact) mass is 149 g/mol. The van der Waals surface area contributed by atoms with E-state index in [9.17, 15) is 0 Å². The predicted molar refractivity (Wildman–Crippen MR) is 50.1 cm³/mol. The highest BCUT2D eigenvalue weighted by atomic mass is 14.2. The van der Waals surface area contributed by atoms with Crippen molar-refractivity contribution in [2.75, 3.05) is 0 Å². The van der Waals surface area contributed by atoms with Gasteiger partial charge in [0.2, 0.25) is 0 Å². The lowest BCUT2D eigenvalue weighted by Crippen LogP contribution is -1.66. The summed E-state index contributed by atoms with van der Waals surface area (Å²) in [5.74, 6) is 0. The third-order valence-electron chi connectivity index (χ3n) is 0.773. The summed E-state index contributed by atoms with van der Waals surface area (Å²) in [6, 6.07) is 2.01. The lowest BCUT2D eigenvalue weighted by atomic mass is 10.2. The zero-order valence-corrected chi connectivity index (χ0v) is 7.46. The minimum absolute atomic E-state index is 0.632. The largest absolute Gasteiger partial charge is 0.192 e. The highest BCUT2D eigenvalue weighted by Crippen LogP contribution is 1.93. The van der Waals surface area contributed by atoms with E-state index in [1.54, 1.807) is 18.2 Å². The maximum absolute atomic E-state index is 8.37. The van der Waals surface area contributed by atoms with Gasteiger partial charge in [-0.15, -0.1) is 0 Å². The Hall–Kier alpha value is -1.29. The van der Waals surface area contributed by atoms with E-state index >= 15 is 0 Å². The summed E-state index contributed by atoms with van der Waals surface area (Å²) in [6.45, 7) is 9.34. The Kier molecular flexibility index (Phi) is 13.0. The molecule has 0 amide bonds. The molecule has 0 aliphatic heterocycles. The van der Waals surface area contributed by atoms with E-state index in [4.69, 9.17) is 5.26 Å². The molecule has 60 valence electrons. The number of hydrogen-bond donors (Lipinski definition) is 0. The fraction of sp³-hybridized carbons (Fsp3) is 0.300. The second-order valence-corrected chi connectivity index (χ2v) is 1.47. The maximum atomic E-state index is 8.37. The van der Waals surface area contributed by atoms with E-state index in [-0.39, 0.29) is 0 Å². The first kappa shape index (κ1) is 12.4. The number of nitriles is 1. The summed E-state index contributed by atoms with van der Waals surface area (Å²) in [6.07, 6.45) is 6.82. The first-order valence-corrected chi connectivity index (χ1v) is 3.70. The summed E-state index contributed by atoms with van der Waals surface area (Å²) in [4.78, 5) is 0. The molecule has 0 unspecified atom stereocenters. The topological polar surface area (TPSA) is 23.8 Å². The molecule has 0 heterocycles. The van der Waals surface area contributed by atoms with E-state index < -0.39 is 0 Å². The molecule has 0 aliphatic rings. The summed E-state index contributed by atoms with van der Waals surface area (Å²) in [5, 5.41) is 8.37. The van der Waals surface area contributed by atoms with Crippen molar-refractivity contribution in [2.45, 2.75) is 20.8 Å². The molecule has 0 saturated carbocycles. The van der Waals surface area contributed by atoms with Gasteiger partial charge in [0.1, 0.15) is 0 Å². The van der Waals surface area contributed by atoms with Crippen molar-refractivity contribution < 1.29 is 0 Å². The molecule has 0 spiro atoms. The molecule has 0 saturated heterocycles. The van der Waals surface area contributed by atoms with Crippen LogP contribution in [-0.4, -0.2) is 0 Å². The molecule has 0 aromatic heterocycles. The molecule has 0 radical (unpaired) electrons. The zero-order valence-electron chi connectivity index (χ0n) is 7.46. The summed E-state index contributed by atoms with van der Waals surface area (Å²) < 4.78 is 0. The highest BCUT2D eigenvalue weighted by Gasteiger charge is 1.80. The van der Waals surface area contributed by atoms with Gasteiger partial charge < -0.3 is 0 Å². The molecule has 0 atom stereocenters. The van der Waals surface area contributed by atoms with Crippen molar-refractivity contribution in [1.82, 2.24) is 0 Å². The van der Waals surface area contributed by atoms with Crippen LogP contribution in [0.3, 0.4) is 0 Å². The van der Waals surface area contributed by atoms with Gasteiger partial charge in [-0.05, 0) is 19.1 Å². The van der Waals surface area contributed by atoms with Crippen LogP contribution in [0.2, 0.25) is 0 Å². The van der Waals surface area contributed by atoms with Crippen molar-refractivity contribution in [1.29, 1.82) is 5.26 Å². The lowest BCUT2D eigenvalue weighted by Gasteiger charge is -1.79. The standard InChI is InChI=1S/C8H9N.C2H6/c1-3-5-8(7-9)6-4-2;1-2/h3-6H,1H2,2H3;1-2H3/b6-4-,8-5+;. The number of rotatable bonds is 2. The van der Waals surface area contributed by atoms with E-state index in [1.165, 1.54) is 0 Å². The Bertz CT molecular complexity index is 180. The third kappa shape index (κ3) is 8.71. The van der Waals surface area contributed by atoms with E-state index in [2.05, 4.69) is 6.58 Å². The van der Waals surface area contributed by atoms with Crippen LogP contribution in [-0.2, 0) is 0 Å². The molecular formula is C10H15N. The predicted octanol–water partition coefficient (Wildman–Crippen LogP) is 3.22. The Morgan fingerprint density at radius 2 is 2.00 bits per heavy atom. The minimum atomic E-state index is 0.632. The van der Waals surface area contributed by atoms with Crippen LogP contribution in [0, 0.1) is 11.3 Å². The second-order valence-electron chi connectivity index (χ2n) is 1.47. The summed E-state index contributed by atoms with van der Waals surface area (Å²) in [5.41, 5.74) is 0.632. The van der Waals surface area contributed by atoms with Gasteiger partial charge in [0.25, 0.3) is 0 Å². The summed E-state index contributed by atoms with van der Waals surface area (Å²) in [7, 11) is 0. The van der Waals surface area contributed by atoms with Crippen molar-refractivity contribution in [3.05, 3.63) is 36.5 Å². The quantitative estimate of drug-likeness (QED) is 0.437. The van der Waals surface area contributed by atoms with Gasteiger partial charge in [-0.2, -0.15) is 5.26 Å².